The Balaban J connectivity index is 2.28. The fourth-order valence-corrected chi connectivity index (χ4v) is 3.12. The van der Waals surface area contributed by atoms with Gasteiger partial charge in [0.15, 0.2) is 10.8 Å². The maximum Gasteiger partial charge on any atom is 0.433 e. The SMILES string of the molecule is CC[C@H](C)S(=O)/N=C(\C)c1nc(-c2ccnc(C(F)(F)F)c2)ns1. The van der Waals surface area contributed by atoms with Crippen molar-refractivity contribution in [1.82, 2.24) is 14.3 Å². The van der Waals surface area contributed by atoms with E-state index in [1.807, 2.05) is 13.8 Å². The van der Waals surface area contributed by atoms with Crippen LogP contribution in [0.5, 0.6) is 0 Å². The Labute approximate surface area is 143 Å². The Morgan fingerprint density at radius 3 is 2.79 bits per heavy atom. The maximum absolute atomic E-state index is 12.7. The molecule has 0 N–H and O–H groups in total. The van der Waals surface area contributed by atoms with Crippen molar-refractivity contribution in [3.63, 3.8) is 0 Å². The lowest BCUT2D eigenvalue weighted by molar-refractivity contribution is -0.141. The Morgan fingerprint density at radius 1 is 1.46 bits per heavy atom. The topological polar surface area (TPSA) is 68.1 Å². The summed E-state index contributed by atoms with van der Waals surface area (Å²) in [5.41, 5.74) is -0.335. The number of nitrogens with zero attached hydrogens (tertiary/aromatic N) is 4. The molecular weight excluding hydrogens is 361 g/mol. The van der Waals surface area contributed by atoms with Gasteiger partial charge in [-0.05, 0) is 43.9 Å². The molecule has 0 amide bonds. The van der Waals surface area contributed by atoms with Crippen molar-refractivity contribution in [1.29, 1.82) is 0 Å². The molecule has 0 spiro atoms. The number of alkyl halides is 3. The first kappa shape index (κ1) is 18.7. The molecule has 0 aliphatic heterocycles. The summed E-state index contributed by atoms with van der Waals surface area (Å²) in [6, 6.07) is 2.31. The molecular formula is C14H15F3N4OS2. The summed E-state index contributed by atoms with van der Waals surface area (Å²) in [5.74, 6) is 0.159. The third-order valence-electron chi connectivity index (χ3n) is 3.19. The molecule has 5 nitrogen and oxygen atoms in total. The highest BCUT2D eigenvalue weighted by atomic mass is 32.2. The first-order valence-electron chi connectivity index (χ1n) is 7.06. The molecule has 2 heterocycles. The van der Waals surface area contributed by atoms with Gasteiger partial charge in [-0.25, -0.2) is 9.19 Å². The Bertz CT molecular complexity index is 773. The van der Waals surface area contributed by atoms with Crippen LogP contribution in [0.3, 0.4) is 0 Å². The van der Waals surface area contributed by atoms with Gasteiger partial charge >= 0.3 is 6.18 Å². The van der Waals surface area contributed by atoms with Gasteiger partial charge < -0.3 is 0 Å². The highest BCUT2D eigenvalue weighted by Crippen LogP contribution is 2.30. The number of aromatic nitrogens is 3. The minimum atomic E-state index is -4.53. The van der Waals surface area contributed by atoms with Crippen molar-refractivity contribution in [3.8, 4) is 11.4 Å². The predicted molar refractivity (Wildman–Crippen MR) is 88.2 cm³/mol. The van der Waals surface area contributed by atoms with E-state index >= 15 is 0 Å². The van der Waals surface area contributed by atoms with E-state index < -0.39 is 22.9 Å². The number of hydrogen-bond donors (Lipinski definition) is 0. The molecule has 0 aromatic carbocycles. The van der Waals surface area contributed by atoms with Crippen LogP contribution in [-0.2, 0) is 17.2 Å². The van der Waals surface area contributed by atoms with E-state index in [1.165, 1.54) is 6.07 Å². The van der Waals surface area contributed by atoms with Gasteiger partial charge in [-0.3, -0.25) is 4.98 Å². The minimum absolute atomic E-state index is 0.0816. The molecule has 2 aromatic rings. The summed E-state index contributed by atoms with van der Waals surface area (Å²) in [6.45, 7) is 5.39. The van der Waals surface area contributed by atoms with Crippen molar-refractivity contribution in [2.45, 2.75) is 38.6 Å². The molecule has 2 aromatic heterocycles. The lowest BCUT2D eigenvalue weighted by Crippen LogP contribution is -2.09. The number of pyridine rings is 1. The monoisotopic (exact) mass is 376 g/mol. The maximum atomic E-state index is 12.7. The van der Waals surface area contributed by atoms with E-state index in [9.17, 15) is 17.4 Å². The fraction of sp³-hybridized carbons (Fsp3) is 0.429. The predicted octanol–water partition coefficient (Wildman–Crippen LogP) is 3.89. The van der Waals surface area contributed by atoms with Crippen LogP contribution >= 0.6 is 11.5 Å². The summed E-state index contributed by atoms with van der Waals surface area (Å²) in [6.07, 6.45) is -2.74. The molecule has 0 bridgehead atoms. The largest absolute Gasteiger partial charge is 0.433 e. The Morgan fingerprint density at radius 2 is 2.17 bits per heavy atom. The fourth-order valence-electron chi connectivity index (χ4n) is 1.62. The summed E-state index contributed by atoms with van der Waals surface area (Å²) >= 11 is 0.999. The van der Waals surface area contributed by atoms with Crippen molar-refractivity contribution < 1.29 is 17.4 Å². The molecule has 2 atom stereocenters. The Kier molecular flexibility index (Phi) is 5.81. The van der Waals surface area contributed by atoms with Crippen molar-refractivity contribution in [2.24, 2.45) is 4.40 Å². The molecule has 0 aliphatic rings. The molecule has 2 rings (SSSR count). The second-order valence-electron chi connectivity index (χ2n) is 5.02. The van der Waals surface area contributed by atoms with Gasteiger partial charge in [0.05, 0.1) is 11.0 Å². The summed E-state index contributed by atoms with van der Waals surface area (Å²) < 4.78 is 58.2. The normalized spacial score (nSPS) is 15.3. The molecule has 130 valence electrons. The number of hydrogen-bond acceptors (Lipinski definition) is 5. The molecule has 0 saturated carbocycles. The van der Waals surface area contributed by atoms with Crippen LogP contribution in [0, 0.1) is 0 Å². The second-order valence-corrected chi connectivity index (χ2v) is 7.31. The quantitative estimate of drug-likeness (QED) is 0.743. The molecule has 24 heavy (non-hydrogen) atoms. The van der Waals surface area contributed by atoms with E-state index in [-0.39, 0.29) is 16.6 Å². The average molecular weight is 376 g/mol. The van der Waals surface area contributed by atoms with E-state index in [4.69, 9.17) is 0 Å². The van der Waals surface area contributed by atoms with Gasteiger partial charge in [0.1, 0.15) is 16.7 Å². The van der Waals surface area contributed by atoms with Crippen molar-refractivity contribution in [2.75, 3.05) is 0 Å². The van der Waals surface area contributed by atoms with Gasteiger partial charge in [-0.1, -0.05) is 6.92 Å². The zero-order valence-corrected chi connectivity index (χ0v) is 14.8. The zero-order chi connectivity index (χ0) is 17.9. The van der Waals surface area contributed by atoms with Gasteiger partial charge in [0, 0.05) is 11.8 Å². The van der Waals surface area contributed by atoms with Crippen LogP contribution in [0.25, 0.3) is 11.4 Å². The summed E-state index contributed by atoms with van der Waals surface area (Å²) in [5, 5.41) is 0.342. The molecule has 0 saturated heterocycles. The lowest BCUT2D eigenvalue weighted by atomic mass is 10.2. The number of rotatable bonds is 5. The van der Waals surface area contributed by atoms with Gasteiger partial charge in [-0.15, -0.1) is 0 Å². The van der Waals surface area contributed by atoms with Crippen LogP contribution in [0.4, 0.5) is 13.2 Å². The van der Waals surface area contributed by atoms with Crippen molar-refractivity contribution >= 4 is 28.2 Å². The second kappa shape index (κ2) is 7.47. The highest BCUT2D eigenvalue weighted by Gasteiger charge is 2.32. The highest BCUT2D eigenvalue weighted by molar-refractivity contribution is 7.84. The van der Waals surface area contributed by atoms with Gasteiger partial charge in [0.2, 0.25) is 0 Å². The molecule has 0 fully saturated rings. The van der Waals surface area contributed by atoms with Crippen LogP contribution in [0.1, 0.15) is 37.9 Å². The molecule has 0 radical (unpaired) electrons. The number of halogens is 3. The summed E-state index contributed by atoms with van der Waals surface area (Å²) in [4.78, 5) is 7.49. The average Bonchev–Trinajstić information content (AvgIpc) is 3.03. The zero-order valence-electron chi connectivity index (χ0n) is 13.2. The van der Waals surface area contributed by atoms with Gasteiger partial charge in [-0.2, -0.15) is 21.9 Å². The van der Waals surface area contributed by atoms with E-state index in [0.717, 1.165) is 30.2 Å². The first-order chi connectivity index (χ1) is 11.2. The first-order valence-corrected chi connectivity index (χ1v) is 9.00. The van der Waals surface area contributed by atoms with E-state index in [2.05, 4.69) is 18.7 Å². The van der Waals surface area contributed by atoms with Crippen LogP contribution < -0.4 is 0 Å². The Hall–Kier alpha value is -1.68. The third kappa shape index (κ3) is 4.44. The minimum Gasteiger partial charge on any atom is -0.252 e. The molecule has 1 unspecified atom stereocenters. The van der Waals surface area contributed by atoms with Gasteiger partial charge in [0.25, 0.3) is 0 Å². The van der Waals surface area contributed by atoms with Crippen LogP contribution in [-0.4, -0.2) is 29.5 Å². The van der Waals surface area contributed by atoms with Crippen LogP contribution in [0.2, 0.25) is 0 Å². The third-order valence-corrected chi connectivity index (χ3v) is 5.49. The standard InChI is InChI=1S/C14H15F3N4OS2/c1-4-8(2)24(22)21-9(3)13-19-12(20-23-13)10-5-6-18-11(7-10)14(15,16)17/h5-8H,4H2,1-3H3/b21-9+/t8-,24?/m0/s1. The van der Waals surface area contributed by atoms with Crippen molar-refractivity contribution in [3.05, 3.63) is 29.0 Å². The molecule has 10 heteroatoms. The van der Waals surface area contributed by atoms with E-state index in [0.29, 0.717) is 10.7 Å². The van der Waals surface area contributed by atoms with E-state index in [1.54, 1.807) is 6.92 Å². The molecule has 0 aliphatic carbocycles. The smallest absolute Gasteiger partial charge is 0.252 e. The van der Waals surface area contributed by atoms with Crippen LogP contribution in [0.15, 0.2) is 22.7 Å². The lowest BCUT2D eigenvalue weighted by Gasteiger charge is -2.05. The summed E-state index contributed by atoms with van der Waals surface area (Å²) in [7, 11) is -1.38.